The molecule has 3 fully saturated rings. The van der Waals surface area contributed by atoms with Crippen molar-refractivity contribution in [3.63, 3.8) is 0 Å². The van der Waals surface area contributed by atoms with E-state index in [0.29, 0.717) is 18.8 Å². The Kier molecular flexibility index (Phi) is 4.04. The summed E-state index contributed by atoms with van der Waals surface area (Å²) in [5.41, 5.74) is -0.0577. The molecular formula is C18H22BrN3O2S. The van der Waals surface area contributed by atoms with Crippen LogP contribution >= 0.6 is 27.3 Å². The first-order valence-corrected chi connectivity index (χ1v) is 10.6. The Morgan fingerprint density at radius 1 is 1.24 bits per heavy atom. The molecule has 3 saturated carbocycles. The third-order valence-corrected chi connectivity index (χ3v) is 7.45. The minimum Gasteiger partial charge on any atom is -0.359 e. The predicted molar refractivity (Wildman–Crippen MR) is 99.1 cm³/mol. The Balaban J connectivity index is 1.53. The highest BCUT2D eigenvalue weighted by Crippen LogP contribution is 2.55. The molecule has 0 atom stereocenters. The van der Waals surface area contributed by atoms with E-state index in [9.17, 15) is 0 Å². The third kappa shape index (κ3) is 2.80. The van der Waals surface area contributed by atoms with Gasteiger partial charge < -0.3 is 14.0 Å². The van der Waals surface area contributed by atoms with Gasteiger partial charge in [0, 0.05) is 23.9 Å². The quantitative estimate of drug-likeness (QED) is 0.619. The molecule has 0 aliphatic heterocycles. The highest BCUT2D eigenvalue weighted by atomic mass is 79.9. The van der Waals surface area contributed by atoms with Crippen LogP contribution in [-0.4, -0.2) is 34.8 Å². The maximum Gasteiger partial charge on any atom is 0.146 e. The van der Waals surface area contributed by atoms with Crippen molar-refractivity contribution in [1.29, 1.82) is 0 Å². The zero-order valence-electron chi connectivity index (χ0n) is 14.3. The average molecular weight is 424 g/mol. The second-order valence-corrected chi connectivity index (χ2v) is 10.0. The monoisotopic (exact) mass is 423 g/mol. The van der Waals surface area contributed by atoms with E-state index in [2.05, 4.69) is 37.7 Å². The van der Waals surface area contributed by atoms with Gasteiger partial charge in [0.05, 0.1) is 15.3 Å². The molecule has 0 aromatic carbocycles. The van der Waals surface area contributed by atoms with E-state index in [4.69, 9.17) is 14.6 Å². The van der Waals surface area contributed by atoms with Gasteiger partial charge in [-0.2, -0.15) is 0 Å². The summed E-state index contributed by atoms with van der Waals surface area (Å²) in [6.07, 6.45) is 7.20. The Morgan fingerprint density at radius 2 is 2.04 bits per heavy atom. The van der Waals surface area contributed by atoms with Crippen LogP contribution in [0.1, 0.15) is 67.0 Å². The lowest BCUT2D eigenvalue weighted by molar-refractivity contribution is -0.116. The van der Waals surface area contributed by atoms with Crippen molar-refractivity contribution >= 4 is 27.3 Å². The maximum absolute atomic E-state index is 5.83. The molecule has 25 heavy (non-hydrogen) atoms. The van der Waals surface area contributed by atoms with Crippen molar-refractivity contribution in [2.45, 2.75) is 62.0 Å². The van der Waals surface area contributed by atoms with Gasteiger partial charge in [-0.25, -0.2) is 0 Å². The molecule has 0 spiro atoms. The van der Waals surface area contributed by atoms with Gasteiger partial charge in [-0.1, -0.05) is 0 Å². The zero-order chi connectivity index (χ0) is 17.0. The molecular weight excluding hydrogens is 402 g/mol. The number of hydrogen-bond donors (Lipinski definition) is 0. The lowest BCUT2D eigenvalue weighted by atomic mass is 9.65. The minimum absolute atomic E-state index is 0.0577. The molecule has 5 nitrogen and oxygen atoms in total. The number of hydrogen-bond acceptors (Lipinski definition) is 5. The van der Waals surface area contributed by atoms with Crippen LogP contribution in [0.2, 0.25) is 0 Å². The number of rotatable bonds is 7. The summed E-state index contributed by atoms with van der Waals surface area (Å²) in [4.78, 5) is 1.37. The highest BCUT2D eigenvalue weighted by Gasteiger charge is 2.53. The minimum atomic E-state index is -0.0577. The molecule has 0 bridgehead atoms. The first kappa shape index (κ1) is 16.4. The van der Waals surface area contributed by atoms with E-state index in [0.717, 1.165) is 12.8 Å². The van der Waals surface area contributed by atoms with Crippen molar-refractivity contribution in [3.8, 4) is 0 Å². The maximum atomic E-state index is 5.83. The molecule has 3 aliphatic carbocycles. The SMILES string of the molecule is COCO[C@H]1C[C@@](c2ccc(Br)s2)(c2nnc(C3CC3)n2C2CC2)C1. The van der Waals surface area contributed by atoms with E-state index < -0.39 is 0 Å². The standard InChI is InChI=1S/C18H22BrN3O2S/c1-23-10-24-13-8-18(9-13,14-6-7-15(19)25-14)17-21-20-16(11-2-3-11)22(17)12-4-5-12/h6-7,11-13H,2-5,8-10H2,1H3/t13-,18+. The van der Waals surface area contributed by atoms with Crippen molar-refractivity contribution in [2.75, 3.05) is 13.9 Å². The van der Waals surface area contributed by atoms with E-state index in [-0.39, 0.29) is 11.5 Å². The van der Waals surface area contributed by atoms with Crippen LogP contribution in [0.25, 0.3) is 0 Å². The molecule has 134 valence electrons. The van der Waals surface area contributed by atoms with Crippen LogP contribution in [0.3, 0.4) is 0 Å². The van der Waals surface area contributed by atoms with Crippen LogP contribution in [0.15, 0.2) is 15.9 Å². The van der Waals surface area contributed by atoms with Gasteiger partial charge in [0.1, 0.15) is 18.4 Å². The summed E-state index contributed by atoms with van der Waals surface area (Å²) in [6, 6.07) is 4.99. The summed E-state index contributed by atoms with van der Waals surface area (Å²) >= 11 is 5.44. The van der Waals surface area contributed by atoms with Gasteiger partial charge in [0.15, 0.2) is 0 Å². The second-order valence-electron chi connectivity index (χ2n) is 7.55. The van der Waals surface area contributed by atoms with E-state index in [1.54, 1.807) is 7.11 Å². The topological polar surface area (TPSA) is 49.2 Å². The predicted octanol–water partition coefficient (Wildman–Crippen LogP) is 4.38. The summed E-state index contributed by atoms with van der Waals surface area (Å²) in [5.74, 6) is 3.03. The normalized spacial score (nSPS) is 29.0. The van der Waals surface area contributed by atoms with E-state index >= 15 is 0 Å². The summed E-state index contributed by atoms with van der Waals surface area (Å²) in [5, 5.41) is 9.40. The molecule has 0 amide bonds. The molecule has 0 unspecified atom stereocenters. The summed E-state index contributed by atoms with van der Waals surface area (Å²) in [6.45, 7) is 0.359. The zero-order valence-corrected chi connectivity index (χ0v) is 16.7. The fourth-order valence-corrected chi connectivity index (χ4v) is 5.60. The molecule has 0 radical (unpaired) electrons. The van der Waals surface area contributed by atoms with Crippen molar-refractivity contribution in [1.82, 2.24) is 14.8 Å². The smallest absolute Gasteiger partial charge is 0.146 e. The van der Waals surface area contributed by atoms with Gasteiger partial charge in [-0.15, -0.1) is 21.5 Å². The van der Waals surface area contributed by atoms with Crippen molar-refractivity contribution < 1.29 is 9.47 Å². The first-order chi connectivity index (χ1) is 12.2. The summed E-state index contributed by atoms with van der Waals surface area (Å²) in [7, 11) is 1.67. The Bertz CT molecular complexity index is 775. The number of methoxy groups -OCH3 is 1. The number of nitrogens with zero attached hydrogens (tertiary/aromatic N) is 3. The van der Waals surface area contributed by atoms with Gasteiger partial charge in [0.25, 0.3) is 0 Å². The number of halogens is 1. The Labute approximate surface area is 159 Å². The lowest BCUT2D eigenvalue weighted by Crippen LogP contribution is -2.48. The van der Waals surface area contributed by atoms with Crippen molar-refractivity contribution in [3.05, 3.63) is 32.4 Å². The van der Waals surface area contributed by atoms with Gasteiger partial charge in [0.2, 0.25) is 0 Å². The largest absolute Gasteiger partial charge is 0.359 e. The molecule has 0 saturated heterocycles. The molecule has 0 N–H and O–H groups in total. The fraction of sp³-hybridized carbons (Fsp3) is 0.667. The van der Waals surface area contributed by atoms with Crippen LogP contribution in [-0.2, 0) is 14.9 Å². The lowest BCUT2D eigenvalue weighted by Gasteiger charge is -2.46. The van der Waals surface area contributed by atoms with Gasteiger partial charge >= 0.3 is 0 Å². The van der Waals surface area contributed by atoms with Crippen molar-refractivity contribution in [2.24, 2.45) is 0 Å². The number of ether oxygens (including phenoxy) is 2. The van der Waals surface area contributed by atoms with Crippen LogP contribution < -0.4 is 0 Å². The van der Waals surface area contributed by atoms with E-state index in [1.165, 1.54) is 46.0 Å². The number of aromatic nitrogens is 3. The molecule has 5 rings (SSSR count). The van der Waals surface area contributed by atoms with Gasteiger partial charge in [-0.3, -0.25) is 0 Å². The molecule has 2 heterocycles. The Morgan fingerprint density at radius 3 is 2.64 bits per heavy atom. The van der Waals surface area contributed by atoms with Gasteiger partial charge in [-0.05, 0) is 66.6 Å². The molecule has 2 aromatic rings. The summed E-state index contributed by atoms with van der Waals surface area (Å²) < 4.78 is 14.6. The fourth-order valence-electron chi connectivity index (χ4n) is 4.01. The second kappa shape index (κ2) is 6.15. The number of thiophene rings is 1. The first-order valence-electron chi connectivity index (χ1n) is 9.03. The molecule has 2 aromatic heterocycles. The van der Waals surface area contributed by atoms with Crippen LogP contribution in [0.5, 0.6) is 0 Å². The van der Waals surface area contributed by atoms with Crippen LogP contribution in [0.4, 0.5) is 0 Å². The van der Waals surface area contributed by atoms with E-state index in [1.807, 2.05) is 11.3 Å². The molecule has 7 heteroatoms. The average Bonchev–Trinajstić information content (AvgIpc) is 3.50. The highest BCUT2D eigenvalue weighted by molar-refractivity contribution is 9.11. The van der Waals surface area contributed by atoms with Crippen LogP contribution in [0, 0.1) is 0 Å². The molecule has 3 aliphatic rings. The third-order valence-electron chi connectivity index (χ3n) is 5.62. The Hall–Kier alpha value is -0.760.